The van der Waals surface area contributed by atoms with Crippen molar-refractivity contribution in [1.29, 1.82) is 0 Å². The first-order valence-corrected chi connectivity index (χ1v) is 2.16. The Morgan fingerprint density at radius 3 is 2.00 bits per heavy atom. The molecule has 42 valence electrons. The molecule has 0 spiro atoms. The van der Waals surface area contributed by atoms with Crippen LogP contribution in [0.4, 0.5) is 0 Å². The van der Waals surface area contributed by atoms with E-state index < -0.39 is 11.6 Å². The number of Topliss-reactive ketones (excluding diaryl/α,β-unsaturated/α-hetero) is 2. The number of hydrogen-bond donors (Lipinski definition) is 0. The van der Waals surface area contributed by atoms with Gasteiger partial charge in [0, 0.05) is 6.92 Å². The molecule has 0 radical (unpaired) electrons. The molecule has 0 unspecified atom stereocenters. The predicted octanol–water partition coefficient (Wildman–Crippen LogP) is 0.168. The van der Waals surface area contributed by atoms with Gasteiger partial charge in [0.25, 0.3) is 5.78 Å². The number of carbonyl (C=O) groups excluding carboxylic acids is 2. The van der Waals surface area contributed by atoms with Gasteiger partial charge in [0.1, 0.15) is 0 Å². The predicted molar refractivity (Wildman–Crippen MR) is 29.1 cm³/mol. The highest BCUT2D eigenvalue weighted by atomic mass is 16.2. The van der Waals surface area contributed by atoms with Crippen molar-refractivity contribution < 1.29 is 9.59 Å². The molecule has 0 bridgehead atoms. The zero-order chi connectivity index (χ0) is 6.57. The number of ketones is 2. The fourth-order valence-corrected chi connectivity index (χ4v) is 0.202. The molecule has 0 rings (SSSR count). The molecule has 0 aromatic heterocycles. The second-order valence-corrected chi connectivity index (χ2v) is 1.26. The lowest BCUT2D eigenvalue weighted by Crippen LogP contribution is -2.04. The molecule has 0 heterocycles. The van der Waals surface area contributed by atoms with Crippen molar-refractivity contribution in [3.63, 3.8) is 0 Å². The highest BCUT2D eigenvalue weighted by Crippen LogP contribution is 1.69. The maximum Gasteiger partial charge on any atom is 0.271 e. The van der Waals surface area contributed by atoms with Crippen LogP contribution in [0, 0.1) is 11.8 Å². The molecule has 0 aliphatic rings. The van der Waals surface area contributed by atoms with E-state index >= 15 is 0 Å². The van der Waals surface area contributed by atoms with Crippen LogP contribution < -0.4 is 0 Å². The Balaban J connectivity index is 3.99. The molecule has 0 N–H and O–H groups in total. The van der Waals surface area contributed by atoms with Crippen molar-refractivity contribution in [2.45, 2.75) is 13.8 Å². The lowest BCUT2D eigenvalue weighted by atomic mass is 10.3. The SMILES string of the molecule is CC#CC(=O)C(C)=O. The second kappa shape index (κ2) is 2.98. The average Bonchev–Trinajstić information content (AvgIpc) is 1.67. The Bertz CT molecular complexity index is 169. The average molecular weight is 110 g/mol. The van der Waals surface area contributed by atoms with Crippen LogP contribution in [0.25, 0.3) is 0 Å². The number of carbonyl (C=O) groups is 2. The minimum absolute atomic E-state index is 0.501. The highest BCUT2D eigenvalue weighted by molar-refractivity contribution is 6.43. The summed E-state index contributed by atoms with van der Waals surface area (Å²) in [7, 11) is 0. The van der Waals surface area contributed by atoms with Gasteiger partial charge in [-0.05, 0) is 12.8 Å². The fraction of sp³-hybridized carbons (Fsp3) is 0.333. The Kier molecular flexibility index (Phi) is 2.57. The minimum Gasteiger partial charge on any atom is -0.290 e. The summed E-state index contributed by atoms with van der Waals surface area (Å²) in [5, 5.41) is 0. The van der Waals surface area contributed by atoms with E-state index in [0.717, 1.165) is 0 Å². The van der Waals surface area contributed by atoms with Crippen LogP contribution in [0.3, 0.4) is 0 Å². The van der Waals surface area contributed by atoms with Crippen LogP contribution in [-0.2, 0) is 9.59 Å². The smallest absolute Gasteiger partial charge is 0.271 e. The summed E-state index contributed by atoms with van der Waals surface area (Å²) in [6.45, 7) is 2.72. The molecule has 8 heavy (non-hydrogen) atoms. The van der Waals surface area contributed by atoms with Gasteiger partial charge < -0.3 is 0 Å². The first kappa shape index (κ1) is 6.90. The molecule has 0 fully saturated rings. The van der Waals surface area contributed by atoms with Crippen molar-refractivity contribution >= 4 is 11.6 Å². The van der Waals surface area contributed by atoms with Gasteiger partial charge in [0.05, 0.1) is 0 Å². The van der Waals surface area contributed by atoms with E-state index in [2.05, 4.69) is 11.8 Å². The van der Waals surface area contributed by atoms with E-state index in [1.165, 1.54) is 13.8 Å². The molecule has 0 aliphatic carbocycles. The van der Waals surface area contributed by atoms with Gasteiger partial charge in [-0.1, -0.05) is 5.92 Å². The summed E-state index contributed by atoms with van der Waals surface area (Å²) in [5.74, 6) is 3.32. The van der Waals surface area contributed by atoms with Gasteiger partial charge in [-0.2, -0.15) is 0 Å². The molecular weight excluding hydrogens is 104 g/mol. The number of hydrogen-bond acceptors (Lipinski definition) is 2. The molecule has 0 amide bonds. The second-order valence-electron chi connectivity index (χ2n) is 1.26. The van der Waals surface area contributed by atoms with E-state index in [9.17, 15) is 9.59 Å². The molecule has 0 aromatic rings. The third-order valence-electron chi connectivity index (χ3n) is 0.558. The van der Waals surface area contributed by atoms with Crippen molar-refractivity contribution in [3.05, 3.63) is 0 Å². The molecule has 0 atom stereocenters. The first-order chi connectivity index (χ1) is 3.68. The molecule has 0 aromatic carbocycles. The molecule has 0 saturated carbocycles. The normalized spacial score (nSPS) is 6.75. The van der Waals surface area contributed by atoms with Crippen LogP contribution in [0.5, 0.6) is 0 Å². The summed E-state index contributed by atoms with van der Waals surface area (Å²) in [4.78, 5) is 20.3. The lowest BCUT2D eigenvalue weighted by molar-refractivity contribution is -0.132. The summed E-state index contributed by atoms with van der Waals surface area (Å²) < 4.78 is 0. The van der Waals surface area contributed by atoms with E-state index in [1.54, 1.807) is 0 Å². The quantitative estimate of drug-likeness (QED) is 0.274. The fourth-order valence-electron chi connectivity index (χ4n) is 0.202. The monoisotopic (exact) mass is 110 g/mol. The Labute approximate surface area is 47.9 Å². The van der Waals surface area contributed by atoms with E-state index in [-0.39, 0.29) is 0 Å². The van der Waals surface area contributed by atoms with Crippen molar-refractivity contribution in [3.8, 4) is 11.8 Å². The summed E-state index contributed by atoms with van der Waals surface area (Å²) in [6, 6.07) is 0. The van der Waals surface area contributed by atoms with Gasteiger partial charge in [-0.15, -0.1) is 0 Å². The molecule has 0 saturated heterocycles. The zero-order valence-corrected chi connectivity index (χ0v) is 4.82. The topological polar surface area (TPSA) is 34.1 Å². The van der Waals surface area contributed by atoms with Crippen molar-refractivity contribution in [1.82, 2.24) is 0 Å². The van der Waals surface area contributed by atoms with Gasteiger partial charge in [-0.3, -0.25) is 9.59 Å². The molecule has 2 nitrogen and oxygen atoms in total. The van der Waals surface area contributed by atoms with Crippen molar-refractivity contribution in [2.75, 3.05) is 0 Å². The van der Waals surface area contributed by atoms with Crippen LogP contribution in [0.15, 0.2) is 0 Å². The van der Waals surface area contributed by atoms with E-state index in [4.69, 9.17) is 0 Å². The maximum atomic E-state index is 10.2. The minimum atomic E-state index is -0.618. The lowest BCUT2D eigenvalue weighted by Gasteiger charge is -1.74. The Morgan fingerprint density at radius 2 is 1.88 bits per heavy atom. The van der Waals surface area contributed by atoms with Gasteiger partial charge in [-0.25, -0.2) is 0 Å². The van der Waals surface area contributed by atoms with E-state index in [1.807, 2.05) is 0 Å². The number of rotatable bonds is 1. The largest absolute Gasteiger partial charge is 0.290 e. The van der Waals surface area contributed by atoms with Crippen LogP contribution >= 0.6 is 0 Å². The highest BCUT2D eigenvalue weighted by Gasteiger charge is 1.99. The zero-order valence-electron chi connectivity index (χ0n) is 4.82. The van der Waals surface area contributed by atoms with Crippen LogP contribution in [0.1, 0.15) is 13.8 Å². The third kappa shape index (κ3) is 2.14. The van der Waals surface area contributed by atoms with Gasteiger partial charge in [0.2, 0.25) is 5.78 Å². The molecular formula is C6H6O2. The Hall–Kier alpha value is -1.10. The first-order valence-electron chi connectivity index (χ1n) is 2.16. The van der Waals surface area contributed by atoms with Gasteiger partial charge in [0.15, 0.2) is 0 Å². The maximum absolute atomic E-state index is 10.2. The summed E-state index contributed by atoms with van der Waals surface area (Å²) in [5.41, 5.74) is 0. The molecule has 2 heteroatoms. The summed E-state index contributed by atoms with van der Waals surface area (Å²) in [6.07, 6.45) is 0. The van der Waals surface area contributed by atoms with Crippen LogP contribution in [0.2, 0.25) is 0 Å². The van der Waals surface area contributed by atoms with Crippen LogP contribution in [-0.4, -0.2) is 11.6 Å². The van der Waals surface area contributed by atoms with Crippen molar-refractivity contribution in [2.24, 2.45) is 0 Å². The standard InChI is InChI=1S/C6H6O2/c1-3-4-6(8)5(2)7/h1-2H3. The van der Waals surface area contributed by atoms with Gasteiger partial charge >= 0.3 is 0 Å². The molecule has 0 aliphatic heterocycles. The van der Waals surface area contributed by atoms with E-state index in [0.29, 0.717) is 0 Å². The third-order valence-corrected chi connectivity index (χ3v) is 0.558. The Morgan fingerprint density at radius 1 is 1.38 bits per heavy atom. The summed E-state index contributed by atoms with van der Waals surface area (Å²) >= 11 is 0.